The van der Waals surface area contributed by atoms with Gasteiger partial charge in [0.15, 0.2) is 0 Å². The third kappa shape index (κ3) is 3.34. The zero-order chi connectivity index (χ0) is 14.0. The van der Waals surface area contributed by atoms with Crippen LogP contribution in [0.1, 0.15) is 47.8 Å². The molecule has 1 aromatic heterocycles. The first-order chi connectivity index (χ1) is 9.02. The smallest absolute Gasteiger partial charge is 0.112 e. The van der Waals surface area contributed by atoms with E-state index in [-0.39, 0.29) is 0 Å². The van der Waals surface area contributed by atoms with Gasteiger partial charge in [0.2, 0.25) is 0 Å². The summed E-state index contributed by atoms with van der Waals surface area (Å²) in [5.74, 6) is 0.456. The second-order valence-corrected chi connectivity index (χ2v) is 6.95. The fourth-order valence-corrected chi connectivity index (χ4v) is 3.92. The molecule has 1 atom stereocenters. The van der Waals surface area contributed by atoms with Crippen LogP contribution >= 0.6 is 11.3 Å². The highest BCUT2D eigenvalue weighted by Crippen LogP contribution is 2.32. The first kappa shape index (κ1) is 14.9. The Bertz CT molecular complexity index is 416. The number of thiazole rings is 1. The SMILES string of the molecule is CC(C)c1nc(C2CN(C)CCCN2C)sc1CN. The molecule has 0 amide bonds. The molecule has 0 spiro atoms. The Labute approximate surface area is 120 Å². The molecule has 0 aromatic carbocycles. The number of aromatic nitrogens is 1. The maximum Gasteiger partial charge on any atom is 0.112 e. The Kier molecular flexibility index (Phi) is 4.95. The van der Waals surface area contributed by atoms with Crippen molar-refractivity contribution < 1.29 is 0 Å². The van der Waals surface area contributed by atoms with E-state index in [1.165, 1.54) is 28.5 Å². The highest BCUT2D eigenvalue weighted by atomic mass is 32.1. The van der Waals surface area contributed by atoms with Gasteiger partial charge in [-0.25, -0.2) is 4.98 Å². The Hall–Kier alpha value is -0.490. The van der Waals surface area contributed by atoms with Crippen LogP contribution in [0, 0.1) is 0 Å². The monoisotopic (exact) mass is 282 g/mol. The molecule has 0 radical (unpaired) electrons. The lowest BCUT2D eigenvalue weighted by molar-refractivity contribution is 0.228. The van der Waals surface area contributed by atoms with Gasteiger partial charge in [-0.15, -0.1) is 11.3 Å². The Balaban J connectivity index is 2.28. The molecule has 19 heavy (non-hydrogen) atoms. The third-order valence-corrected chi connectivity index (χ3v) is 5.02. The third-order valence-electron chi connectivity index (χ3n) is 3.83. The van der Waals surface area contributed by atoms with E-state index >= 15 is 0 Å². The van der Waals surface area contributed by atoms with Crippen LogP contribution in [0.25, 0.3) is 0 Å². The van der Waals surface area contributed by atoms with Crippen molar-refractivity contribution in [2.75, 3.05) is 33.7 Å². The maximum absolute atomic E-state index is 5.87. The first-order valence-corrected chi connectivity index (χ1v) is 7.93. The Morgan fingerprint density at radius 1 is 1.37 bits per heavy atom. The first-order valence-electron chi connectivity index (χ1n) is 7.11. The summed E-state index contributed by atoms with van der Waals surface area (Å²) in [7, 11) is 4.41. The van der Waals surface area contributed by atoms with Gasteiger partial charge in [-0.2, -0.15) is 0 Å². The van der Waals surface area contributed by atoms with Crippen LogP contribution in [-0.4, -0.2) is 48.5 Å². The van der Waals surface area contributed by atoms with Gasteiger partial charge in [-0.3, -0.25) is 4.90 Å². The zero-order valence-electron chi connectivity index (χ0n) is 12.5. The van der Waals surface area contributed by atoms with Gasteiger partial charge in [-0.1, -0.05) is 13.8 Å². The lowest BCUT2D eigenvalue weighted by Gasteiger charge is -2.25. The summed E-state index contributed by atoms with van der Waals surface area (Å²) in [6, 6.07) is 0.412. The molecule has 0 aliphatic carbocycles. The molecule has 108 valence electrons. The standard InChI is InChI=1S/C14H26N4S/c1-10(2)13-12(8-15)19-14(16-13)11-9-17(3)6-5-7-18(11)4/h10-11H,5-9,15H2,1-4H3. The largest absolute Gasteiger partial charge is 0.326 e. The summed E-state index contributed by atoms with van der Waals surface area (Å²) >= 11 is 1.80. The number of hydrogen-bond donors (Lipinski definition) is 1. The predicted molar refractivity (Wildman–Crippen MR) is 81.6 cm³/mol. The van der Waals surface area contributed by atoms with E-state index in [4.69, 9.17) is 10.7 Å². The Morgan fingerprint density at radius 3 is 2.68 bits per heavy atom. The highest BCUT2D eigenvalue weighted by molar-refractivity contribution is 7.11. The van der Waals surface area contributed by atoms with E-state index in [2.05, 4.69) is 37.7 Å². The lowest BCUT2D eigenvalue weighted by atomic mass is 10.1. The van der Waals surface area contributed by atoms with E-state index in [9.17, 15) is 0 Å². The van der Waals surface area contributed by atoms with Gasteiger partial charge in [-0.05, 0) is 39.5 Å². The van der Waals surface area contributed by atoms with E-state index in [1.807, 2.05) is 0 Å². The summed E-state index contributed by atoms with van der Waals surface area (Å²) in [4.78, 5) is 11.0. The van der Waals surface area contributed by atoms with Crippen molar-refractivity contribution in [2.45, 2.75) is 38.8 Å². The molecular weight excluding hydrogens is 256 g/mol. The molecule has 1 aliphatic heterocycles. The number of likely N-dealkylation sites (N-methyl/N-ethyl adjacent to an activating group) is 2. The van der Waals surface area contributed by atoms with Gasteiger partial charge >= 0.3 is 0 Å². The second kappa shape index (κ2) is 6.31. The van der Waals surface area contributed by atoms with Crippen molar-refractivity contribution in [3.05, 3.63) is 15.6 Å². The number of nitrogens with two attached hydrogens (primary N) is 1. The quantitative estimate of drug-likeness (QED) is 0.921. The van der Waals surface area contributed by atoms with Crippen LogP contribution in [0.2, 0.25) is 0 Å². The average Bonchev–Trinajstić information content (AvgIpc) is 2.72. The van der Waals surface area contributed by atoms with E-state index in [0.717, 1.165) is 13.1 Å². The molecule has 4 nitrogen and oxygen atoms in total. The van der Waals surface area contributed by atoms with Crippen molar-refractivity contribution >= 4 is 11.3 Å². The van der Waals surface area contributed by atoms with Crippen molar-refractivity contribution in [2.24, 2.45) is 5.73 Å². The van der Waals surface area contributed by atoms with Gasteiger partial charge in [0.1, 0.15) is 5.01 Å². The lowest BCUT2D eigenvalue weighted by Crippen LogP contribution is -2.30. The van der Waals surface area contributed by atoms with Crippen LogP contribution < -0.4 is 5.73 Å². The molecule has 5 heteroatoms. The molecule has 2 heterocycles. The van der Waals surface area contributed by atoms with Gasteiger partial charge in [0.25, 0.3) is 0 Å². The van der Waals surface area contributed by atoms with Crippen molar-refractivity contribution in [3.63, 3.8) is 0 Å². The molecule has 2 N–H and O–H groups in total. The molecular formula is C14H26N4S. The van der Waals surface area contributed by atoms with Gasteiger partial charge in [0.05, 0.1) is 11.7 Å². The van der Waals surface area contributed by atoms with Crippen molar-refractivity contribution in [1.82, 2.24) is 14.8 Å². The minimum Gasteiger partial charge on any atom is -0.326 e. The normalized spacial score (nSPS) is 22.9. The number of nitrogens with zero attached hydrogens (tertiary/aromatic N) is 3. The Morgan fingerprint density at radius 2 is 2.11 bits per heavy atom. The van der Waals surface area contributed by atoms with Crippen LogP contribution in [0.4, 0.5) is 0 Å². The minimum atomic E-state index is 0.412. The summed E-state index contributed by atoms with van der Waals surface area (Å²) in [6.45, 7) is 8.38. The molecule has 1 aromatic rings. The van der Waals surface area contributed by atoms with Crippen molar-refractivity contribution in [3.8, 4) is 0 Å². The van der Waals surface area contributed by atoms with E-state index < -0.39 is 0 Å². The zero-order valence-corrected chi connectivity index (χ0v) is 13.3. The van der Waals surface area contributed by atoms with E-state index in [1.54, 1.807) is 11.3 Å². The average molecular weight is 282 g/mol. The number of rotatable bonds is 3. The van der Waals surface area contributed by atoms with Crippen LogP contribution in [0.3, 0.4) is 0 Å². The molecule has 1 unspecified atom stereocenters. The molecule has 1 saturated heterocycles. The second-order valence-electron chi connectivity index (χ2n) is 5.83. The van der Waals surface area contributed by atoms with Crippen LogP contribution in [0.15, 0.2) is 0 Å². The molecule has 0 bridgehead atoms. The number of hydrogen-bond acceptors (Lipinski definition) is 5. The van der Waals surface area contributed by atoms with Crippen LogP contribution in [-0.2, 0) is 6.54 Å². The summed E-state index contributed by atoms with van der Waals surface area (Å²) < 4.78 is 0. The molecule has 1 aliphatic rings. The fraction of sp³-hybridized carbons (Fsp3) is 0.786. The van der Waals surface area contributed by atoms with Gasteiger partial charge in [0, 0.05) is 18.0 Å². The topological polar surface area (TPSA) is 45.4 Å². The predicted octanol–water partition coefficient (Wildman–Crippen LogP) is 2.03. The minimum absolute atomic E-state index is 0.412. The van der Waals surface area contributed by atoms with Crippen LogP contribution in [0.5, 0.6) is 0 Å². The molecule has 0 saturated carbocycles. The van der Waals surface area contributed by atoms with E-state index in [0.29, 0.717) is 18.5 Å². The highest BCUT2D eigenvalue weighted by Gasteiger charge is 2.26. The summed E-state index contributed by atoms with van der Waals surface area (Å²) in [6.07, 6.45) is 1.23. The maximum atomic E-state index is 5.87. The fourth-order valence-electron chi connectivity index (χ4n) is 2.66. The summed E-state index contributed by atoms with van der Waals surface area (Å²) in [5, 5.41) is 1.24. The summed E-state index contributed by atoms with van der Waals surface area (Å²) in [5.41, 5.74) is 7.07. The van der Waals surface area contributed by atoms with Gasteiger partial charge < -0.3 is 10.6 Å². The molecule has 1 fully saturated rings. The van der Waals surface area contributed by atoms with Crippen molar-refractivity contribution in [1.29, 1.82) is 0 Å². The molecule has 2 rings (SSSR count).